The third-order valence-corrected chi connectivity index (χ3v) is 3.52. The predicted octanol–water partition coefficient (Wildman–Crippen LogP) is 3.53. The van der Waals surface area contributed by atoms with E-state index in [1.54, 1.807) is 24.3 Å². The number of halogens is 1. The van der Waals surface area contributed by atoms with Crippen LogP contribution in [0.2, 0.25) is 5.02 Å². The Hall–Kier alpha value is -2.11. The van der Waals surface area contributed by atoms with E-state index in [0.717, 1.165) is 11.4 Å². The summed E-state index contributed by atoms with van der Waals surface area (Å²) < 4.78 is 0. The molecule has 0 fully saturated rings. The largest absolute Gasteiger partial charge is 0.378 e. The monoisotopic (exact) mass is 333 g/mol. The van der Waals surface area contributed by atoms with Gasteiger partial charge in [0.05, 0.1) is 10.6 Å². The molecule has 22 heavy (non-hydrogen) atoms. The summed E-state index contributed by atoms with van der Waals surface area (Å²) in [5.74, 6) is -0.340. The number of thiocarbonyl (C=S) groups is 1. The van der Waals surface area contributed by atoms with Gasteiger partial charge in [0.1, 0.15) is 0 Å². The number of anilines is 2. The molecule has 0 saturated carbocycles. The molecule has 0 spiro atoms. The standard InChI is InChI=1S/C16H16ClN3OS/c1-20(2)12-9-7-11(8-10-12)18-16(22)19-15(21)13-5-3-4-6-14(13)17/h3-10H,1-2H3,(H2,18,19,21,22). The number of carbonyl (C=O) groups is 1. The fraction of sp³-hybridized carbons (Fsp3) is 0.125. The Morgan fingerprint density at radius 1 is 1.09 bits per heavy atom. The fourth-order valence-electron chi connectivity index (χ4n) is 1.82. The topological polar surface area (TPSA) is 44.4 Å². The highest BCUT2D eigenvalue weighted by atomic mass is 35.5. The van der Waals surface area contributed by atoms with Crippen molar-refractivity contribution in [3.8, 4) is 0 Å². The average Bonchev–Trinajstić information content (AvgIpc) is 2.48. The molecule has 0 heterocycles. The number of hydrogen-bond donors (Lipinski definition) is 2. The van der Waals surface area contributed by atoms with E-state index in [4.69, 9.17) is 23.8 Å². The van der Waals surface area contributed by atoms with Crippen LogP contribution in [0, 0.1) is 0 Å². The van der Waals surface area contributed by atoms with Crippen molar-refractivity contribution in [2.45, 2.75) is 0 Å². The van der Waals surface area contributed by atoms with Crippen molar-refractivity contribution in [1.29, 1.82) is 0 Å². The van der Waals surface area contributed by atoms with E-state index in [2.05, 4.69) is 10.6 Å². The lowest BCUT2D eigenvalue weighted by Crippen LogP contribution is -2.34. The second-order valence-electron chi connectivity index (χ2n) is 4.83. The van der Waals surface area contributed by atoms with Crippen molar-refractivity contribution in [3.05, 3.63) is 59.1 Å². The highest BCUT2D eigenvalue weighted by molar-refractivity contribution is 7.80. The SMILES string of the molecule is CN(C)c1ccc(NC(=S)NC(=O)c2ccccc2Cl)cc1. The van der Waals surface area contributed by atoms with Gasteiger partial charge in [-0.2, -0.15) is 0 Å². The molecule has 0 atom stereocenters. The lowest BCUT2D eigenvalue weighted by Gasteiger charge is -2.14. The normalized spacial score (nSPS) is 9.95. The maximum absolute atomic E-state index is 12.1. The molecule has 0 bridgehead atoms. The molecule has 1 amide bonds. The first-order valence-corrected chi connectivity index (χ1v) is 7.40. The summed E-state index contributed by atoms with van der Waals surface area (Å²) in [4.78, 5) is 14.1. The van der Waals surface area contributed by atoms with Gasteiger partial charge in [0, 0.05) is 25.5 Å². The lowest BCUT2D eigenvalue weighted by molar-refractivity contribution is 0.0978. The molecule has 2 aromatic carbocycles. The summed E-state index contributed by atoms with van der Waals surface area (Å²) in [5.41, 5.74) is 2.27. The highest BCUT2D eigenvalue weighted by Crippen LogP contribution is 2.16. The molecule has 0 aliphatic heterocycles. The Kier molecular flexibility index (Phi) is 5.35. The van der Waals surface area contributed by atoms with Crippen molar-refractivity contribution >= 4 is 46.2 Å². The molecular formula is C16H16ClN3OS. The van der Waals surface area contributed by atoms with E-state index in [0.29, 0.717) is 10.6 Å². The van der Waals surface area contributed by atoms with E-state index < -0.39 is 0 Å². The first kappa shape index (κ1) is 16.3. The molecule has 0 saturated heterocycles. The van der Waals surface area contributed by atoms with E-state index in [9.17, 15) is 4.79 Å². The number of amides is 1. The zero-order valence-electron chi connectivity index (χ0n) is 12.3. The number of benzene rings is 2. The quantitative estimate of drug-likeness (QED) is 0.843. The minimum absolute atomic E-state index is 0.225. The van der Waals surface area contributed by atoms with Gasteiger partial charge in [0.25, 0.3) is 5.91 Å². The van der Waals surface area contributed by atoms with E-state index in [1.807, 2.05) is 43.3 Å². The molecule has 0 aliphatic carbocycles. The van der Waals surface area contributed by atoms with Crippen LogP contribution in [0.25, 0.3) is 0 Å². The fourth-order valence-corrected chi connectivity index (χ4v) is 2.25. The second kappa shape index (κ2) is 7.24. The van der Waals surface area contributed by atoms with Crippen LogP contribution in [0.1, 0.15) is 10.4 Å². The van der Waals surface area contributed by atoms with Crippen LogP contribution in [0.15, 0.2) is 48.5 Å². The van der Waals surface area contributed by atoms with Crippen LogP contribution < -0.4 is 15.5 Å². The van der Waals surface area contributed by atoms with Crippen LogP contribution in [0.5, 0.6) is 0 Å². The zero-order valence-corrected chi connectivity index (χ0v) is 13.8. The van der Waals surface area contributed by atoms with Gasteiger partial charge in [0.15, 0.2) is 5.11 Å². The molecule has 2 aromatic rings. The van der Waals surface area contributed by atoms with Crippen LogP contribution in [0.4, 0.5) is 11.4 Å². The van der Waals surface area contributed by atoms with Gasteiger partial charge < -0.3 is 10.2 Å². The average molecular weight is 334 g/mol. The van der Waals surface area contributed by atoms with Gasteiger partial charge in [-0.1, -0.05) is 23.7 Å². The van der Waals surface area contributed by atoms with Crippen molar-refractivity contribution in [2.24, 2.45) is 0 Å². The van der Waals surface area contributed by atoms with Crippen LogP contribution in [-0.2, 0) is 0 Å². The van der Waals surface area contributed by atoms with Gasteiger partial charge in [-0.25, -0.2) is 0 Å². The Balaban J connectivity index is 1.98. The maximum atomic E-state index is 12.1. The summed E-state index contributed by atoms with van der Waals surface area (Å²) in [6.07, 6.45) is 0. The third-order valence-electron chi connectivity index (χ3n) is 2.99. The first-order valence-electron chi connectivity index (χ1n) is 6.61. The minimum Gasteiger partial charge on any atom is -0.378 e. The van der Waals surface area contributed by atoms with Crippen molar-refractivity contribution < 1.29 is 4.79 Å². The van der Waals surface area contributed by atoms with Crippen molar-refractivity contribution in [1.82, 2.24) is 5.32 Å². The smallest absolute Gasteiger partial charge is 0.258 e. The molecule has 2 N–H and O–H groups in total. The van der Waals surface area contributed by atoms with Gasteiger partial charge in [-0.05, 0) is 48.6 Å². The number of rotatable bonds is 3. The maximum Gasteiger partial charge on any atom is 0.258 e. The molecule has 2 rings (SSSR count). The van der Waals surface area contributed by atoms with E-state index >= 15 is 0 Å². The summed E-state index contributed by atoms with van der Waals surface area (Å²) >= 11 is 11.1. The summed E-state index contributed by atoms with van der Waals surface area (Å²) in [5, 5.41) is 6.19. The van der Waals surface area contributed by atoms with Gasteiger partial charge >= 0.3 is 0 Å². The number of nitrogens with one attached hydrogen (secondary N) is 2. The number of hydrogen-bond acceptors (Lipinski definition) is 3. The van der Waals surface area contributed by atoms with Gasteiger partial charge in [0.2, 0.25) is 0 Å². The second-order valence-corrected chi connectivity index (χ2v) is 5.64. The molecule has 0 radical (unpaired) electrons. The first-order chi connectivity index (χ1) is 10.5. The molecule has 0 aromatic heterocycles. The zero-order chi connectivity index (χ0) is 16.1. The molecule has 0 unspecified atom stereocenters. The molecule has 114 valence electrons. The molecule has 0 aliphatic rings. The minimum atomic E-state index is -0.340. The molecule has 6 heteroatoms. The van der Waals surface area contributed by atoms with E-state index in [1.165, 1.54) is 0 Å². The molecule has 4 nitrogen and oxygen atoms in total. The van der Waals surface area contributed by atoms with E-state index in [-0.39, 0.29) is 11.0 Å². The summed E-state index contributed by atoms with van der Waals surface area (Å²) in [6, 6.07) is 14.5. The Morgan fingerprint density at radius 3 is 2.32 bits per heavy atom. The Morgan fingerprint density at radius 2 is 1.73 bits per heavy atom. The Labute approximate surface area is 140 Å². The van der Waals surface area contributed by atoms with Crippen molar-refractivity contribution in [2.75, 3.05) is 24.3 Å². The van der Waals surface area contributed by atoms with Gasteiger partial charge in [-0.3, -0.25) is 10.1 Å². The summed E-state index contributed by atoms with van der Waals surface area (Å²) in [6.45, 7) is 0. The predicted molar refractivity (Wildman–Crippen MR) is 95.9 cm³/mol. The molecular weight excluding hydrogens is 318 g/mol. The highest BCUT2D eigenvalue weighted by Gasteiger charge is 2.11. The third kappa shape index (κ3) is 4.19. The van der Waals surface area contributed by atoms with Crippen LogP contribution in [-0.4, -0.2) is 25.1 Å². The van der Waals surface area contributed by atoms with Gasteiger partial charge in [-0.15, -0.1) is 0 Å². The Bertz CT molecular complexity index is 686. The summed E-state index contributed by atoms with van der Waals surface area (Å²) in [7, 11) is 3.94. The van der Waals surface area contributed by atoms with Crippen molar-refractivity contribution in [3.63, 3.8) is 0 Å². The van der Waals surface area contributed by atoms with Crippen LogP contribution >= 0.6 is 23.8 Å². The number of nitrogens with zero attached hydrogens (tertiary/aromatic N) is 1. The number of carbonyl (C=O) groups excluding carboxylic acids is 1. The van der Waals surface area contributed by atoms with Crippen LogP contribution in [0.3, 0.4) is 0 Å². The lowest BCUT2D eigenvalue weighted by atomic mass is 10.2.